The molecule has 1 aromatic carbocycles. The van der Waals surface area contributed by atoms with Crippen LogP contribution in [0.15, 0.2) is 35.0 Å². The Labute approximate surface area is 117 Å². The summed E-state index contributed by atoms with van der Waals surface area (Å²) in [4.78, 5) is 2.20. The van der Waals surface area contributed by atoms with Crippen molar-refractivity contribution in [1.29, 1.82) is 0 Å². The molecule has 0 saturated heterocycles. The van der Waals surface area contributed by atoms with Gasteiger partial charge in [-0.1, -0.05) is 12.1 Å². The van der Waals surface area contributed by atoms with Crippen LogP contribution in [0.4, 0.5) is 4.39 Å². The Bertz CT molecular complexity index is 525. The SMILES string of the molecule is Cc1cc(C(CN)N(C)Cc2ccsc2)ccc1F. The lowest BCUT2D eigenvalue weighted by atomic mass is 10.0. The van der Waals surface area contributed by atoms with E-state index in [1.807, 2.05) is 19.2 Å². The minimum absolute atomic E-state index is 0.110. The summed E-state index contributed by atoms with van der Waals surface area (Å²) in [5.41, 5.74) is 8.91. The fourth-order valence-corrected chi connectivity index (χ4v) is 2.89. The van der Waals surface area contributed by atoms with Crippen molar-refractivity contribution in [2.45, 2.75) is 19.5 Å². The van der Waals surface area contributed by atoms with Crippen LogP contribution in [0, 0.1) is 12.7 Å². The van der Waals surface area contributed by atoms with Gasteiger partial charge in [0, 0.05) is 19.1 Å². The fourth-order valence-electron chi connectivity index (χ4n) is 2.23. The first-order valence-electron chi connectivity index (χ1n) is 6.29. The van der Waals surface area contributed by atoms with Crippen LogP contribution in [0.3, 0.4) is 0 Å². The molecule has 19 heavy (non-hydrogen) atoms. The molecule has 1 heterocycles. The Balaban J connectivity index is 2.16. The van der Waals surface area contributed by atoms with Crippen molar-refractivity contribution in [1.82, 2.24) is 4.90 Å². The van der Waals surface area contributed by atoms with Crippen molar-refractivity contribution in [3.05, 3.63) is 57.5 Å². The highest BCUT2D eigenvalue weighted by molar-refractivity contribution is 7.07. The second-order valence-corrected chi connectivity index (χ2v) is 5.59. The largest absolute Gasteiger partial charge is 0.329 e. The summed E-state index contributed by atoms with van der Waals surface area (Å²) >= 11 is 1.69. The maximum absolute atomic E-state index is 13.3. The summed E-state index contributed by atoms with van der Waals surface area (Å²) in [5, 5.41) is 4.21. The van der Waals surface area contributed by atoms with E-state index in [9.17, 15) is 4.39 Å². The van der Waals surface area contributed by atoms with Crippen molar-refractivity contribution < 1.29 is 4.39 Å². The number of thiophene rings is 1. The molecule has 2 rings (SSSR count). The van der Waals surface area contributed by atoms with E-state index in [2.05, 4.69) is 21.7 Å². The van der Waals surface area contributed by atoms with Crippen LogP contribution in [-0.2, 0) is 6.54 Å². The van der Waals surface area contributed by atoms with Gasteiger partial charge < -0.3 is 5.73 Å². The molecular formula is C15H19FN2S. The van der Waals surface area contributed by atoms with Crippen LogP contribution < -0.4 is 5.73 Å². The van der Waals surface area contributed by atoms with E-state index in [4.69, 9.17) is 5.73 Å². The fraction of sp³-hybridized carbons (Fsp3) is 0.333. The van der Waals surface area contributed by atoms with Crippen LogP contribution in [0.25, 0.3) is 0 Å². The number of likely N-dealkylation sites (N-methyl/N-ethyl adjacent to an activating group) is 1. The van der Waals surface area contributed by atoms with Gasteiger partial charge in [-0.2, -0.15) is 11.3 Å². The molecule has 0 fully saturated rings. The zero-order valence-electron chi connectivity index (χ0n) is 11.3. The van der Waals surface area contributed by atoms with E-state index in [0.717, 1.165) is 12.1 Å². The van der Waals surface area contributed by atoms with Crippen LogP contribution in [-0.4, -0.2) is 18.5 Å². The molecule has 0 amide bonds. The molecule has 2 aromatic rings. The Morgan fingerprint density at radius 2 is 2.16 bits per heavy atom. The Morgan fingerprint density at radius 3 is 2.74 bits per heavy atom. The molecule has 2 nitrogen and oxygen atoms in total. The quantitative estimate of drug-likeness (QED) is 0.909. The van der Waals surface area contributed by atoms with E-state index < -0.39 is 0 Å². The standard InChI is InChI=1S/C15H19FN2S/c1-11-7-13(3-4-14(11)16)15(8-17)18(2)9-12-5-6-19-10-12/h3-7,10,15H,8-9,17H2,1-2H3. The second kappa shape index (κ2) is 6.28. The van der Waals surface area contributed by atoms with Crippen LogP contribution in [0.2, 0.25) is 0 Å². The van der Waals surface area contributed by atoms with Gasteiger partial charge in [-0.3, -0.25) is 4.90 Å². The molecular weight excluding hydrogens is 259 g/mol. The molecule has 1 aromatic heterocycles. The number of rotatable bonds is 5. The highest BCUT2D eigenvalue weighted by Crippen LogP contribution is 2.23. The molecule has 4 heteroatoms. The smallest absolute Gasteiger partial charge is 0.126 e. The lowest BCUT2D eigenvalue weighted by Gasteiger charge is -2.27. The summed E-state index contributed by atoms with van der Waals surface area (Å²) in [6.07, 6.45) is 0. The van der Waals surface area contributed by atoms with Crippen molar-refractivity contribution in [3.8, 4) is 0 Å². The van der Waals surface area contributed by atoms with Gasteiger partial charge in [0.15, 0.2) is 0 Å². The first kappa shape index (κ1) is 14.2. The van der Waals surface area contributed by atoms with Gasteiger partial charge in [0.1, 0.15) is 5.82 Å². The number of hydrogen-bond donors (Lipinski definition) is 1. The van der Waals surface area contributed by atoms with Gasteiger partial charge >= 0.3 is 0 Å². The van der Waals surface area contributed by atoms with E-state index in [1.165, 1.54) is 11.6 Å². The van der Waals surface area contributed by atoms with E-state index in [-0.39, 0.29) is 11.9 Å². The Kier molecular flexibility index (Phi) is 4.69. The molecule has 1 unspecified atom stereocenters. The number of nitrogens with two attached hydrogens (primary N) is 1. The molecule has 0 saturated carbocycles. The molecule has 0 aliphatic rings. The van der Waals surface area contributed by atoms with Crippen LogP contribution in [0.5, 0.6) is 0 Å². The normalized spacial score (nSPS) is 12.9. The van der Waals surface area contributed by atoms with Gasteiger partial charge in [0.2, 0.25) is 0 Å². The van der Waals surface area contributed by atoms with Crippen molar-refractivity contribution in [3.63, 3.8) is 0 Å². The summed E-state index contributed by atoms with van der Waals surface area (Å²) < 4.78 is 13.3. The number of aryl methyl sites for hydroxylation is 1. The van der Waals surface area contributed by atoms with Gasteiger partial charge in [-0.15, -0.1) is 0 Å². The van der Waals surface area contributed by atoms with Crippen molar-refractivity contribution >= 4 is 11.3 Å². The first-order valence-corrected chi connectivity index (χ1v) is 7.23. The third kappa shape index (κ3) is 3.41. The summed E-state index contributed by atoms with van der Waals surface area (Å²) in [6.45, 7) is 3.15. The zero-order chi connectivity index (χ0) is 13.8. The van der Waals surface area contributed by atoms with E-state index >= 15 is 0 Å². The molecule has 0 aliphatic heterocycles. The van der Waals surface area contributed by atoms with Gasteiger partial charge in [-0.25, -0.2) is 4.39 Å². The number of nitrogens with zero attached hydrogens (tertiary/aromatic N) is 1. The highest BCUT2D eigenvalue weighted by atomic mass is 32.1. The van der Waals surface area contributed by atoms with Gasteiger partial charge in [-0.05, 0) is 53.6 Å². The van der Waals surface area contributed by atoms with E-state index in [1.54, 1.807) is 18.3 Å². The lowest BCUT2D eigenvalue weighted by molar-refractivity contribution is 0.242. The topological polar surface area (TPSA) is 29.3 Å². The molecule has 0 radical (unpaired) electrons. The van der Waals surface area contributed by atoms with Gasteiger partial charge in [0.05, 0.1) is 0 Å². The molecule has 0 bridgehead atoms. The Hall–Kier alpha value is -1.23. The predicted octanol–water partition coefficient (Wildman–Crippen LogP) is 3.33. The first-order chi connectivity index (χ1) is 9.11. The van der Waals surface area contributed by atoms with Crippen molar-refractivity contribution in [2.24, 2.45) is 5.73 Å². The van der Waals surface area contributed by atoms with Crippen molar-refractivity contribution in [2.75, 3.05) is 13.6 Å². The van der Waals surface area contributed by atoms with Gasteiger partial charge in [0.25, 0.3) is 0 Å². The average molecular weight is 278 g/mol. The third-order valence-corrected chi connectivity index (χ3v) is 4.07. The van der Waals surface area contributed by atoms with E-state index in [0.29, 0.717) is 12.1 Å². The predicted molar refractivity (Wildman–Crippen MR) is 78.7 cm³/mol. The van der Waals surface area contributed by atoms with Crippen LogP contribution >= 0.6 is 11.3 Å². The third-order valence-electron chi connectivity index (χ3n) is 3.33. The minimum Gasteiger partial charge on any atom is -0.329 e. The molecule has 0 spiro atoms. The monoisotopic (exact) mass is 278 g/mol. The Morgan fingerprint density at radius 1 is 1.37 bits per heavy atom. The summed E-state index contributed by atoms with van der Waals surface area (Å²) in [5.74, 6) is -0.167. The lowest BCUT2D eigenvalue weighted by Crippen LogP contribution is -2.30. The molecule has 102 valence electrons. The number of halogens is 1. The maximum Gasteiger partial charge on any atom is 0.126 e. The zero-order valence-corrected chi connectivity index (χ0v) is 12.1. The highest BCUT2D eigenvalue weighted by Gasteiger charge is 2.16. The maximum atomic E-state index is 13.3. The number of hydrogen-bond acceptors (Lipinski definition) is 3. The summed E-state index contributed by atoms with van der Waals surface area (Å²) in [6, 6.07) is 7.45. The van der Waals surface area contributed by atoms with Crippen LogP contribution in [0.1, 0.15) is 22.7 Å². The number of benzene rings is 1. The summed E-state index contributed by atoms with van der Waals surface area (Å²) in [7, 11) is 2.05. The minimum atomic E-state index is -0.167. The second-order valence-electron chi connectivity index (χ2n) is 4.81. The molecule has 0 aliphatic carbocycles. The molecule has 2 N–H and O–H groups in total. The average Bonchev–Trinajstić information content (AvgIpc) is 2.87. The molecule has 1 atom stereocenters.